The minimum atomic E-state index is -1.03. The van der Waals surface area contributed by atoms with Gasteiger partial charge in [-0.25, -0.2) is 5.43 Å². The number of nitrogens with one attached hydrogen (secondary N) is 2. The number of amides is 4. The number of carbonyl (C=O) groups excluding carboxylic acids is 5. The van der Waals surface area contributed by atoms with E-state index >= 15 is 0 Å². The molecule has 2 fully saturated rings. The van der Waals surface area contributed by atoms with Crippen LogP contribution >= 0.6 is 0 Å². The van der Waals surface area contributed by atoms with Crippen LogP contribution in [0.15, 0.2) is 53.7 Å². The van der Waals surface area contributed by atoms with Crippen LogP contribution in [0.1, 0.15) is 90.5 Å². The Morgan fingerprint density at radius 1 is 1.08 bits per heavy atom. The van der Waals surface area contributed by atoms with Gasteiger partial charge >= 0.3 is 0 Å². The lowest BCUT2D eigenvalue weighted by Crippen LogP contribution is -2.59. The Morgan fingerprint density at radius 3 is 2.44 bits per heavy atom. The molecule has 64 heavy (non-hydrogen) atoms. The van der Waals surface area contributed by atoms with Gasteiger partial charge in [0.15, 0.2) is 0 Å². The van der Waals surface area contributed by atoms with Crippen molar-refractivity contribution in [1.82, 2.24) is 45.2 Å². The Bertz CT molecular complexity index is 2240. The van der Waals surface area contributed by atoms with Crippen molar-refractivity contribution >= 4 is 41.5 Å². The molecule has 0 spiro atoms. The Balaban J connectivity index is 0.000000762. The zero-order valence-corrected chi connectivity index (χ0v) is 38.6. The molecule has 6 rings (SSSR count). The van der Waals surface area contributed by atoms with Gasteiger partial charge in [0, 0.05) is 80.5 Å². The summed E-state index contributed by atoms with van der Waals surface area (Å²) in [4.78, 5) is 73.6. The largest absolute Gasteiger partial charge is 0.467 e. The number of likely N-dealkylation sites (tertiary alicyclic amines) is 1. The van der Waals surface area contributed by atoms with Crippen molar-refractivity contribution in [2.75, 3.05) is 46.9 Å². The van der Waals surface area contributed by atoms with Gasteiger partial charge in [-0.3, -0.25) is 34.0 Å². The quantitative estimate of drug-likeness (QED) is 0.0915. The first-order valence-corrected chi connectivity index (χ1v) is 22.1. The minimum absolute atomic E-state index is 0.0540. The molecule has 2 saturated heterocycles. The fourth-order valence-corrected chi connectivity index (χ4v) is 8.46. The molecule has 0 radical (unpaired) electrons. The van der Waals surface area contributed by atoms with Crippen molar-refractivity contribution in [3.05, 3.63) is 66.3 Å². The van der Waals surface area contributed by atoms with Crippen LogP contribution in [0.25, 0.3) is 33.5 Å². The molecular weight excluding hydrogens is 819 g/mol. The lowest BCUT2D eigenvalue weighted by molar-refractivity contribution is -0.142. The third-order valence-electron chi connectivity index (χ3n) is 11.7. The molecule has 0 aliphatic carbocycles. The molecule has 0 saturated carbocycles. The van der Waals surface area contributed by atoms with Gasteiger partial charge in [-0.15, -0.1) is 0 Å². The molecule has 2 aliphatic rings. The molecule has 5 heterocycles. The minimum Gasteiger partial charge on any atom is -0.467 e. The molecule has 4 aromatic rings. The van der Waals surface area contributed by atoms with Crippen molar-refractivity contribution < 1.29 is 38.0 Å². The summed E-state index contributed by atoms with van der Waals surface area (Å²) >= 11 is 0. The normalized spacial score (nSPS) is 15.5. The van der Waals surface area contributed by atoms with Gasteiger partial charge in [0.25, 0.3) is 12.4 Å². The zero-order valence-electron chi connectivity index (χ0n) is 38.6. The van der Waals surface area contributed by atoms with E-state index in [9.17, 15) is 24.0 Å². The Labute approximate surface area is 375 Å². The average Bonchev–Trinajstić information content (AvgIpc) is 4.08. The van der Waals surface area contributed by atoms with E-state index < -0.39 is 23.4 Å². The third kappa shape index (κ3) is 11.8. The van der Waals surface area contributed by atoms with Crippen LogP contribution in [0.4, 0.5) is 0 Å². The smallest absolute Gasteiger partial charge is 0.293 e. The Morgan fingerprint density at radius 2 is 1.81 bits per heavy atom. The number of hydrazine groups is 1. The first kappa shape index (κ1) is 49.1. The second-order valence-electron chi connectivity index (χ2n) is 17.4. The number of hydrogen-bond acceptors (Lipinski definition) is 12. The maximum absolute atomic E-state index is 13.8. The number of aryl methyl sites for hydroxylation is 1. The SMILES string of the molecule is C=CC(=O)N1CCCC1.CCn1c(-c2cccnc2C(C)OC)c(CC(C)(C)COC=O)c2cc(-c3noc(CC(NC(=O)C(C(C)C)N(C)C=O)C(=O)N4CCCCN4)n3)ccc21. The molecule has 3 unspecified atom stereocenters. The molecule has 3 aromatic heterocycles. The average molecular weight is 884 g/mol. The molecule has 4 amide bonds. The molecule has 346 valence electrons. The van der Waals surface area contributed by atoms with Crippen molar-refractivity contribution in [2.45, 2.75) is 105 Å². The first-order valence-electron chi connectivity index (χ1n) is 22.1. The summed E-state index contributed by atoms with van der Waals surface area (Å²) in [5.41, 5.74) is 8.19. The van der Waals surface area contributed by atoms with Crippen LogP contribution in [0, 0.1) is 11.3 Å². The van der Waals surface area contributed by atoms with Gasteiger partial charge in [0.1, 0.15) is 12.1 Å². The Kier molecular flexibility index (Phi) is 17.3. The fourth-order valence-electron chi connectivity index (χ4n) is 8.46. The fraction of sp³-hybridized carbons (Fsp3) is 0.532. The lowest BCUT2D eigenvalue weighted by atomic mass is 9.84. The van der Waals surface area contributed by atoms with E-state index in [1.54, 1.807) is 20.4 Å². The van der Waals surface area contributed by atoms with E-state index in [1.165, 1.54) is 16.0 Å². The van der Waals surface area contributed by atoms with Crippen LogP contribution in [0.3, 0.4) is 0 Å². The summed E-state index contributed by atoms with van der Waals surface area (Å²) in [5, 5.41) is 9.68. The van der Waals surface area contributed by atoms with Crippen molar-refractivity contribution in [1.29, 1.82) is 0 Å². The zero-order chi connectivity index (χ0) is 46.6. The molecule has 17 heteroatoms. The number of likely N-dealkylation sites (N-methyl/N-ethyl adjacent to an activating group) is 1. The molecular formula is C47H65N9O8. The van der Waals surface area contributed by atoms with Crippen LogP contribution in [0.5, 0.6) is 0 Å². The van der Waals surface area contributed by atoms with Gasteiger partial charge in [-0.2, -0.15) is 4.98 Å². The predicted molar refractivity (Wildman–Crippen MR) is 242 cm³/mol. The van der Waals surface area contributed by atoms with Gasteiger partial charge < -0.3 is 33.7 Å². The van der Waals surface area contributed by atoms with E-state index in [1.807, 2.05) is 49.9 Å². The third-order valence-corrected chi connectivity index (χ3v) is 11.7. The molecule has 17 nitrogen and oxygen atoms in total. The van der Waals surface area contributed by atoms with E-state index in [2.05, 4.69) is 53.9 Å². The first-order chi connectivity index (χ1) is 30.7. The molecule has 3 atom stereocenters. The second kappa shape index (κ2) is 22.6. The van der Waals surface area contributed by atoms with E-state index in [-0.39, 0.29) is 42.8 Å². The summed E-state index contributed by atoms with van der Waals surface area (Å²) in [5.74, 6) is -0.417. The predicted octanol–water partition coefficient (Wildman–Crippen LogP) is 5.28. The number of pyridine rings is 1. The van der Waals surface area contributed by atoms with E-state index in [0.717, 1.165) is 72.2 Å². The molecule has 2 N–H and O–H groups in total. The topological polar surface area (TPSA) is 194 Å². The van der Waals surface area contributed by atoms with Crippen LogP contribution in [0.2, 0.25) is 0 Å². The number of benzene rings is 1. The van der Waals surface area contributed by atoms with Crippen LogP contribution in [-0.2, 0) is 52.8 Å². The molecule has 2 aliphatic heterocycles. The summed E-state index contributed by atoms with van der Waals surface area (Å²) in [7, 11) is 3.20. The van der Waals surface area contributed by atoms with Gasteiger partial charge in [0.05, 0.1) is 30.5 Å². The summed E-state index contributed by atoms with van der Waals surface area (Å²) in [6.07, 6.45) is 8.07. The van der Waals surface area contributed by atoms with E-state index in [0.29, 0.717) is 50.3 Å². The number of aromatic nitrogens is 4. The molecule has 0 bridgehead atoms. The second-order valence-corrected chi connectivity index (χ2v) is 17.4. The van der Waals surface area contributed by atoms with Gasteiger partial charge in [0.2, 0.25) is 29.9 Å². The summed E-state index contributed by atoms with van der Waals surface area (Å²) in [6.45, 7) is 19.6. The number of fused-ring (bicyclic) bond motifs is 1. The standard InChI is InChI=1S/C40H54N8O7.C7H11NO/c1-9-47-32-15-14-27(19-29(32)30(21-40(5,6)22-54-24-50)36(47)28-13-12-16-41-34(28)26(4)53-8)37-44-33(55-45-37)20-31(39(52)48-18-11-10-17-42-48)43-38(51)35(25(2)3)46(7)23-49;1-2-7(9)8-5-3-4-6-8/h12-16,19,23-26,31,35,42H,9-11,17-18,20-22H2,1-8H3,(H,43,51);2H,1,3-6H2. The molecule has 1 aromatic carbocycles. The van der Waals surface area contributed by atoms with Crippen molar-refractivity contribution in [3.8, 4) is 22.6 Å². The number of methoxy groups -OCH3 is 1. The maximum Gasteiger partial charge on any atom is 0.293 e. The van der Waals surface area contributed by atoms with Crippen LogP contribution < -0.4 is 10.7 Å². The summed E-state index contributed by atoms with van der Waals surface area (Å²) in [6, 6.07) is 8.17. The highest BCUT2D eigenvalue weighted by molar-refractivity contribution is 5.95. The van der Waals surface area contributed by atoms with Crippen LogP contribution in [-0.4, -0.2) is 124 Å². The maximum atomic E-state index is 13.8. The highest BCUT2D eigenvalue weighted by Gasteiger charge is 2.34. The van der Waals surface area contributed by atoms with E-state index in [4.69, 9.17) is 24.0 Å². The highest BCUT2D eigenvalue weighted by atomic mass is 16.5. The van der Waals surface area contributed by atoms with Gasteiger partial charge in [-0.05, 0) is 93.8 Å². The Hall–Kier alpha value is -5.94. The number of nitrogens with zero attached hydrogens (tertiary/aromatic N) is 7. The van der Waals surface area contributed by atoms with Crippen molar-refractivity contribution in [3.63, 3.8) is 0 Å². The van der Waals surface area contributed by atoms with Gasteiger partial charge in [-0.1, -0.05) is 39.4 Å². The number of hydrogen-bond donors (Lipinski definition) is 2. The number of rotatable bonds is 19. The van der Waals surface area contributed by atoms with Crippen molar-refractivity contribution in [2.24, 2.45) is 11.3 Å². The monoisotopic (exact) mass is 883 g/mol. The number of ether oxygens (including phenoxy) is 2. The summed E-state index contributed by atoms with van der Waals surface area (Å²) < 4.78 is 19.0. The highest BCUT2D eigenvalue weighted by Crippen LogP contribution is 2.41. The number of carbonyl (C=O) groups is 5. The lowest BCUT2D eigenvalue weighted by Gasteiger charge is -2.33.